The molecule has 1 N–H and O–H groups in total. The Morgan fingerprint density at radius 1 is 1.07 bits per heavy atom. The lowest BCUT2D eigenvalue weighted by atomic mass is 10.0. The summed E-state index contributed by atoms with van der Waals surface area (Å²) in [5.74, 6) is 1.67. The highest BCUT2D eigenvalue weighted by Crippen LogP contribution is 2.18. The van der Waals surface area contributed by atoms with Gasteiger partial charge in [-0.3, -0.25) is 4.99 Å². The monoisotopic (exact) mass is 485 g/mol. The van der Waals surface area contributed by atoms with Gasteiger partial charge < -0.3 is 20.0 Å². The summed E-state index contributed by atoms with van der Waals surface area (Å²) in [4.78, 5) is 12.1. The molecule has 1 saturated heterocycles. The molecule has 27 heavy (non-hydrogen) atoms. The summed E-state index contributed by atoms with van der Waals surface area (Å²) in [6.45, 7) is 14.8. The zero-order valence-corrected chi connectivity index (χ0v) is 19.5. The number of nitrogens with one attached hydrogen (secondary N) is 1. The molecule has 5 nitrogen and oxygen atoms in total. The van der Waals surface area contributed by atoms with E-state index in [-0.39, 0.29) is 24.0 Å². The van der Waals surface area contributed by atoms with E-state index in [2.05, 4.69) is 63.1 Å². The fraction of sp³-hybridized carbons (Fsp3) is 0.667. The molecule has 0 aromatic heterocycles. The summed E-state index contributed by atoms with van der Waals surface area (Å²) in [6, 6.07) is 8.78. The highest BCUT2D eigenvalue weighted by molar-refractivity contribution is 14.0. The smallest absolute Gasteiger partial charge is 0.193 e. The van der Waals surface area contributed by atoms with E-state index in [9.17, 15) is 0 Å². The molecule has 1 aromatic rings. The van der Waals surface area contributed by atoms with E-state index in [0.29, 0.717) is 5.92 Å². The number of fused-ring (bicyclic) bond motifs is 1. The van der Waals surface area contributed by atoms with Gasteiger partial charge in [0.1, 0.15) is 0 Å². The normalized spacial score (nSPS) is 20.0. The van der Waals surface area contributed by atoms with Crippen LogP contribution < -0.4 is 5.32 Å². The topological polar surface area (TPSA) is 34.1 Å². The summed E-state index contributed by atoms with van der Waals surface area (Å²) < 4.78 is 0. The Hall–Kier alpha value is -0.860. The first-order valence-electron chi connectivity index (χ1n) is 10.2. The van der Waals surface area contributed by atoms with Gasteiger partial charge in [0, 0.05) is 59.4 Å². The van der Waals surface area contributed by atoms with Crippen LogP contribution in [0.3, 0.4) is 0 Å². The van der Waals surface area contributed by atoms with Gasteiger partial charge in [-0.1, -0.05) is 38.1 Å². The van der Waals surface area contributed by atoms with Crippen LogP contribution in [0.25, 0.3) is 0 Å². The van der Waals surface area contributed by atoms with E-state index in [4.69, 9.17) is 0 Å². The van der Waals surface area contributed by atoms with E-state index in [1.165, 1.54) is 50.4 Å². The van der Waals surface area contributed by atoms with Gasteiger partial charge in [0.2, 0.25) is 0 Å². The molecule has 1 fully saturated rings. The summed E-state index contributed by atoms with van der Waals surface area (Å²) >= 11 is 0. The van der Waals surface area contributed by atoms with Crippen molar-refractivity contribution in [2.24, 2.45) is 10.9 Å². The third kappa shape index (κ3) is 6.32. The first-order valence-corrected chi connectivity index (χ1v) is 10.2. The second-order valence-corrected chi connectivity index (χ2v) is 7.71. The second-order valence-electron chi connectivity index (χ2n) is 7.71. The molecule has 3 rings (SSSR count). The van der Waals surface area contributed by atoms with Crippen molar-refractivity contribution in [3.8, 4) is 0 Å². The van der Waals surface area contributed by atoms with Crippen molar-refractivity contribution in [1.29, 1.82) is 0 Å². The molecule has 152 valence electrons. The van der Waals surface area contributed by atoms with Gasteiger partial charge in [-0.15, -0.1) is 24.0 Å². The van der Waals surface area contributed by atoms with Gasteiger partial charge >= 0.3 is 0 Å². The number of benzene rings is 1. The maximum absolute atomic E-state index is 4.54. The molecule has 0 saturated carbocycles. The van der Waals surface area contributed by atoms with Crippen LogP contribution in [0.2, 0.25) is 0 Å². The lowest BCUT2D eigenvalue weighted by molar-refractivity contribution is 0.124. The first kappa shape index (κ1) is 22.4. The van der Waals surface area contributed by atoms with Crippen molar-refractivity contribution in [3.05, 3.63) is 35.4 Å². The maximum Gasteiger partial charge on any atom is 0.193 e. The summed E-state index contributed by atoms with van der Waals surface area (Å²) in [5, 5.41) is 3.62. The largest absolute Gasteiger partial charge is 0.356 e. The number of aliphatic imine (C=N–C) groups is 1. The minimum Gasteiger partial charge on any atom is -0.356 e. The molecule has 0 spiro atoms. The molecule has 1 unspecified atom stereocenters. The van der Waals surface area contributed by atoms with Crippen LogP contribution in [0.4, 0.5) is 0 Å². The molecule has 0 amide bonds. The van der Waals surface area contributed by atoms with Crippen LogP contribution in [0, 0.1) is 5.92 Å². The van der Waals surface area contributed by atoms with Crippen molar-refractivity contribution in [2.45, 2.75) is 26.8 Å². The number of rotatable bonds is 5. The van der Waals surface area contributed by atoms with E-state index in [1.54, 1.807) is 0 Å². The predicted octanol–water partition coefficient (Wildman–Crippen LogP) is 2.51. The molecule has 0 bridgehead atoms. The lowest BCUT2D eigenvalue weighted by Crippen LogP contribution is -2.49. The maximum atomic E-state index is 4.54. The molecule has 1 atom stereocenters. The van der Waals surface area contributed by atoms with Gasteiger partial charge in [-0.25, -0.2) is 0 Å². The van der Waals surface area contributed by atoms with Crippen LogP contribution in [-0.2, 0) is 13.0 Å². The van der Waals surface area contributed by atoms with Crippen molar-refractivity contribution >= 4 is 29.9 Å². The zero-order valence-electron chi connectivity index (χ0n) is 17.2. The Balaban J connectivity index is 0.00000261. The zero-order chi connectivity index (χ0) is 18.4. The molecule has 2 heterocycles. The van der Waals surface area contributed by atoms with Crippen LogP contribution in [0.5, 0.6) is 0 Å². The van der Waals surface area contributed by atoms with E-state index in [0.717, 1.165) is 32.0 Å². The minimum absolute atomic E-state index is 0. The third-order valence-electron chi connectivity index (χ3n) is 5.73. The number of hydrogen-bond acceptors (Lipinski definition) is 3. The van der Waals surface area contributed by atoms with Crippen LogP contribution in [-0.4, -0.2) is 80.1 Å². The first-order chi connectivity index (χ1) is 12.7. The quantitative estimate of drug-likeness (QED) is 0.395. The van der Waals surface area contributed by atoms with Crippen LogP contribution in [0.15, 0.2) is 29.3 Å². The Morgan fingerprint density at radius 3 is 2.41 bits per heavy atom. The van der Waals surface area contributed by atoms with Gasteiger partial charge in [-0.05, 0) is 30.0 Å². The number of halogens is 1. The molecule has 2 aliphatic rings. The molecule has 2 aliphatic heterocycles. The van der Waals surface area contributed by atoms with E-state index >= 15 is 0 Å². The molecule has 0 radical (unpaired) electrons. The van der Waals surface area contributed by atoms with Gasteiger partial charge in [-0.2, -0.15) is 0 Å². The number of hydrogen-bond donors (Lipinski definition) is 1. The standard InChI is InChI=1S/C21H35N5.HI/c1-4-24-11-13-25(14-12-24)16-18(2)15-23-21(22-3)26-10-9-19-7-5-6-8-20(19)17-26;/h5-8,18H,4,9-17H2,1-3H3,(H,22,23);1H. The molecular weight excluding hydrogens is 449 g/mol. The molecule has 1 aromatic carbocycles. The fourth-order valence-corrected chi connectivity index (χ4v) is 4.07. The second kappa shape index (κ2) is 11.2. The van der Waals surface area contributed by atoms with E-state index in [1.807, 2.05) is 7.05 Å². The Kier molecular flexibility index (Phi) is 9.32. The van der Waals surface area contributed by atoms with Gasteiger partial charge in [0.25, 0.3) is 0 Å². The lowest BCUT2D eigenvalue weighted by Gasteiger charge is -2.36. The minimum atomic E-state index is 0. The molecular formula is C21H36IN5. The van der Waals surface area contributed by atoms with Crippen LogP contribution >= 0.6 is 24.0 Å². The van der Waals surface area contributed by atoms with Gasteiger partial charge in [0.05, 0.1) is 0 Å². The summed E-state index contributed by atoms with van der Waals surface area (Å²) in [7, 11) is 1.90. The summed E-state index contributed by atoms with van der Waals surface area (Å²) in [6.07, 6.45) is 1.11. The van der Waals surface area contributed by atoms with Crippen LogP contribution in [0.1, 0.15) is 25.0 Å². The highest BCUT2D eigenvalue weighted by atomic mass is 127. The number of likely N-dealkylation sites (N-methyl/N-ethyl adjacent to an activating group) is 1. The van der Waals surface area contributed by atoms with Crippen molar-refractivity contribution in [1.82, 2.24) is 20.0 Å². The highest BCUT2D eigenvalue weighted by Gasteiger charge is 2.20. The average Bonchev–Trinajstić information content (AvgIpc) is 2.69. The Bertz CT molecular complexity index is 598. The van der Waals surface area contributed by atoms with E-state index < -0.39 is 0 Å². The van der Waals surface area contributed by atoms with Gasteiger partial charge in [0.15, 0.2) is 5.96 Å². The number of guanidine groups is 1. The predicted molar refractivity (Wildman–Crippen MR) is 125 cm³/mol. The van der Waals surface area contributed by atoms with Crippen molar-refractivity contribution in [3.63, 3.8) is 0 Å². The molecule has 6 heteroatoms. The average molecular weight is 485 g/mol. The Labute approximate surface area is 182 Å². The summed E-state index contributed by atoms with van der Waals surface area (Å²) in [5.41, 5.74) is 2.92. The Morgan fingerprint density at radius 2 is 1.74 bits per heavy atom. The number of nitrogens with zero attached hydrogens (tertiary/aromatic N) is 4. The SMILES string of the molecule is CCN1CCN(CC(C)CNC(=NC)N2CCc3ccccc3C2)CC1.I. The van der Waals surface area contributed by atoms with Crippen molar-refractivity contribution in [2.75, 3.05) is 59.4 Å². The van der Waals surface area contributed by atoms with Crippen molar-refractivity contribution < 1.29 is 0 Å². The fourth-order valence-electron chi connectivity index (χ4n) is 4.07. The third-order valence-corrected chi connectivity index (χ3v) is 5.73. The molecule has 0 aliphatic carbocycles. The number of piperazine rings is 1.